The second-order valence-corrected chi connectivity index (χ2v) is 5.63. The van der Waals surface area contributed by atoms with Crippen LogP contribution in [0.2, 0.25) is 0 Å². The molecule has 7 heteroatoms. The van der Waals surface area contributed by atoms with Crippen LogP contribution >= 0.6 is 0 Å². The Kier molecular flexibility index (Phi) is 5.07. The van der Waals surface area contributed by atoms with Crippen LogP contribution in [0.4, 0.5) is 0 Å². The molecule has 1 N–H and O–H groups in total. The summed E-state index contributed by atoms with van der Waals surface area (Å²) in [4.78, 5) is 26.3. The first-order valence-electron chi connectivity index (χ1n) is 7.34. The number of aryl methyl sites for hydroxylation is 1. The molecular weight excluding hydrogens is 284 g/mol. The van der Waals surface area contributed by atoms with E-state index in [1.807, 2.05) is 6.92 Å². The maximum absolute atomic E-state index is 12.8. The summed E-state index contributed by atoms with van der Waals surface area (Å²) in [6, 6.07) is 3.42. The number of nitrogens with one attached hydrogen (secondary N) is 1. The highest BCUT2D eigenvalue weighted by Crippen LogP contribution is 2.34. The quantitative estimate of drug-likeness (QED) is 0.858. The molecule has 2 heterocycles. The van der Waals surface area contributed by atoms with E-state index in [-0.39, 0.29) is 18.2 Å². The van der Waals surface area contributed by atoms with Crippen molar-refractivity contribution in [3.05, 3.63) is 23.5 Å². The fourth-order valence-corrected chi connectivity index (χ4v) is 2.95. The van der Waals surface area contributed by atoms with Gasteiger partial charge in [-0.15, -0.1) is 5.10 Å². The first kappa shape index (κ1) is 16.4. The standard InChI is InChI=1S/C15H22N4O3/c1-11-5-6-12(18-17-11)14(21)19-8-4-7-15(19,10-22-3)9-13(20)16-2/h5-6H,4,7-10H2,1-3H3,(H,16,20)/t15-/m1/s1. The summed E-state index contributed by atoms with van der Waals surface area (Å²) in [6.45, 7) is 2.73. The van der Waals surface area contributed by atoms with Crippen LogP contribution in [0.5, 0.6) is 0 Å². The van der Waals surface area contributed by atoms with Gasteiger partial charge in [0.25, 0.3) is 5.91 Å². The molecule has 1 aromatic heterocycles. The Morgan fingerprint density at radius 2 is 2.18 bits per heavy atom. The highest BCUT2D eigenvalue weighted by Gasteiger charge is 2.45. The Morgan fingerprint density at radius 3 is 2.77 bits per heavy atom. The zero-order valence-electron chi connectivity index (χ0n) is 13.3. The highest BCUT2D eigenvalue weighted by atomic mass is 16.5. The third kappa shape index (κ3) is 3.24. The van der Waals surface area contributed by atoms with E-state index in [0.29, 0.717) is 18.8 Å². The molecule has 22 heavy (non-hydrogen) atoms. The van der Waals surface area contributed by atoms with Gasteiger partial charge in [-0.2, -0.15) is 5.10 Å². The SMILES string of the molecule is CNC(=O)C[C@@]1(COC)CCCN1C(=O)c1ccc(C)nn1. The lowest BCUT2D eigenvalue weighted by molar-refractivity contribution is -0.123. The Hall–Kier alpha value is -2.02. The summed E-state index contributed by atoms with van der Waals surface area (Å²) in [5.41, 5.74) is 0.440. The number of rotatable bonds is 5. The summed E-state index contributed by atoms with van der Waals surface area (Å²) >= 11 is 0. The Morgan fingerprint density at radius 1 is 1.41 bits per heavy atom. The Bertz CT molecular complexity index is 546. The fraction of sp³-hybridized carbons (Fsp3) is 0.600. The molecule has 1 atom stereocenters. The predicted molar refractivity (Wildman–Crippen MR) is 80.3 cm³/mol. The fourth-order valence-electron chi connectivity index (χ4n) is 2.95. The third-order valence-corrected chi connectivity index (χ3v) is 4.04. The van der Waals surface area contributed by atoms with E-state index in [1.165, 1.54) is 0 Å². The molecule has 7 nitrogen and oxygen atoms in total. The van der Waals surface area contributed by atoms with Crippen molar-refractivity contribution < 1.29 is 14.3 Å². The molecule has 0 radical (unpaired) electrons. The Balaban J connectivity index is 2.27. The smallest absolute Gasteiger partial charge is 0.274 e. The molecule has 1 saturated heterocycles. The number of nitrogens with zero attached hydrogens (tertiary/aromatic N) is 3. The summed E-state index contributed by atoms with van der Waals surface area (Å²) in [5.74, 6) is -0.308. The van der Waals surface area contributed by atoms with Gasteiger partial charge >= 0.3 is 0 Å². The van der Waals surface area contributed by atoms with Crippen molar-refractivity contribution in [3.63, 3.8) is 0 Å². The number of methoxy groups -OCH3 is 1. The first-order chi connectivity index (χ1) is 10.5. The van der Waals surface area contributed by atoms with Crippen molar-refractivity contribution in [1.29, 1.82) is 0 Å². The molecule has 0 aromatic carbocycles. The molecule has 2 amide bonds. The second-order valence-electron chi connectivity index (χ2n) is 5.63. The molecule has 1 aliphatic heterocycles. The van der Waals surface area contributed by atoms with Gasteiger partial charge in [-0.3, -0.25) is 9.59 Å². The van der Waals surface area contributed by atoms with E-state index >= 15 is 0 Å². The van der Waals surface area contributed by atoms with Crippen molar-refractivity contribution in [2.45, 2.75) is 31.7 Å². The maximum Gasteiger partial charge on any atom is 0.274 e. The van der Waals surface area contributed by atoms with Gasteiger partial charge < -0.3 is 15.0 Å². The van der Waals surface area contributed by atoms with Gasteiger partial charge in [0.2, 0.25) is 5.91 Å². The van der Waals surface area contributed by atoms with Gasteiger partial charge in [-0.25, -0.2) is 0 Å². The number of carbonyl (C=O) groups is 2. The number of hydrogen-bond donors (Lipinski definition) is 1. The monoisotopic (exact) mass is 306 g/mol. The number of ether oxygens (including phenoxy) is 1. The molecule has 0 saturated carbocycles. The zero-order valence-corrected chi connectivity index (χ0v) is 13.3. The molecule has 1 aliphatic rings. The number of aromatic nitrogens is 2. The van der Waals surface area contributed by atoms with Crippen LogP contribution in [0.3, 0.4) is 0 Å². The van der Waals surface area contributed by atoms with E-state index in [0.717, 1.165) is 18.5 Å². The number of amides is 2. The summed E-state index contributed by atoms with van der Waals surface area (Å²) in [6.07, 6.45) is 1.80. The van der Waals surface area contributed by atoms with E-state index in [9.17, 15) is 9.59 Å². The van der Waals surface area contributed by atoms with Gasteiger partial charge in [0, 0.05) is 20.7 Å². The normalized spacial score (nSPS) is 21.0. The zero-order chi connectivity index (χ0) is 16.2. The first-order valence-corrected chi connectivity index (χ1v) is 7.34. The van der Waals surface area contributed by atoms with E-state index < -0.39 is 5.54 Å². The molecule has 0 bridgehead atoms. The van der Waals surface area contributed by atoms with Crippen LogP contribution in [-0.2, 0) is 9.53 Å². The molecule has 0 unspecified atom stereocenters. The lowest BCUT2D eigenvalue weighted by Crippen LogP contribution is -2.53. The van der Waals surface area contributed by atoms with Crippen molar-refractivity contribution in [2.24, 2.45) is 0 Å². The van der Waals surface area contributed by atoms with Crippen molar-refractivity contribution in [2.75, 3.05) is 27.3 Å². The lowest BCUT2D eigenvalue weighted by Gasteiger charge is -2.37. The molecular formula is C15H22N4O3. The van der Waals surface area contributed by atoms with Crippen LogP contribution in [0.15, 0.2) is 12.1 Å². The lowest BCUT2D eigenvalue weighted by atomic mass is 9.92. The van der Waals surface area contributed by atoms with Crippen LogP contribution in [0, 0.1) is 6.92 Å². The largest absolute Gasteiger partial charge is 0.382 e. The summed E-state index contributed by atoms with van der Waals surface area (Å²) in [5, 5.41) is 10.5. The Labute approximate surface area is 130 Å². The van der Waals surface area contributed by atoms with Crippen LogP contribution in [0.25, 0.3) is 0 Å². The number of likely N-dealkylation sites (tertiary alicyclic amines) is 1. The summed E-state index contributed by atoms with van der Waals surface area (Å²) in [7, 11) is 3.17. The van der Waals surface area contributed by atoms with E-state index in [2.05, 4.69) is 15.5 Å². The topological polar surface area (TPSA) is 84.4 Å². The number of hydrogen-bond acceptors (Lipinski definition) is 5. The summed E-state index contributed by atoms with van der Waals surface area (Å²) < 4.78 is 5.30. The van der Waals surface area contributed by atoms with E-state index in [4.69, 9.17) is 4.74 Å². The minimum atomic E-state index is -0.613. The van der Waals surface area contributed by atoms with Gasteiger partial charge in [-0.1, -0.05) is 0 Å². The molecule has 1 aromatic rings. The second kappa shape index (κ2) is 6.83. The van der Waals surface area contributed by atoms with Crippen LogP contribution in [0.1, 0.15) is 35.4 Å². The minimum absolute atomic E-state index is 0.105. The predicted octanol–water partition coefficient (Wildman–Crippen LogP) is 0.542. The molecule has 120 valence electrons. The molecule has 0 spiro atoms. The average molecular weight is 306 g/mol. The minimum Gasteiger partial charge on any atom is -0.382 e. The van der Waals surface area contributed by atoms with Crippen molar-refractivity contribution >= 4 is 11.8 Å². The molecule has 1 fully saturated rings. The van der Waals surface area contributed by atoms with Crippen LogP contribution < -0.4 is 5.32 Å². The third-order valence-electron chi connectivity index (χ3n) is 4.04. The maximum atomic E-state index is 12.8. The van der Waals surface area contributed by atoms with Gasteiger partial charge in [0.1, 0.15) is 0 Å². The van der Waals surface area contributed by atoms with Gasteiger partial charge in [0.05, 0.1) is 24.3 Å². The number of carbonyl (C=O) groups excluding carboxylic acids is 2. The van der Waals surface area contributed by atoms with Crippen molar-refractivity contribution in [3.8, 4) is 0 Å². The van der Waals surface area contributed by atoms with Crippen molar-refractivity contribution in [1.82, 2.24) is 20.4 Å². The van der Waals surface area contributed by atoms with Gasteiger partial charge in [-0.05, 0) is 31.9 Å². The molecule has 2 rings (SSSR count). The highest BCUT2D eigenvalue weighted by molar-refractivity contribution is 5.93. The van der Waals surface area contributed by atoms with Gasteiger partial charge in [0.15, 0.2) is 5.69 Å². The average Bonchev–Trinajstić information content (AvgIpc) is 2.90. The van der Waals surface area contributed by atoms with Crippen LogP contribution in [-0.4, -0.2) is 59.8 Å². The molecule has 0 aliphatic carbocycles. The van der Waals surface area contributed by atoms with E-state index in [1.54, 1.807) is 31.2 Å².